The summed E-state index contributed by atoms with van der Waals surface area (Å²) in [6, 6.07) is 5.64. The lowest BCUT2D eigenvalue weighted by atomic mass is 10.2. The summed E-state index contributed by atoms with van der Waals surface area (Å²) in [6.45, 7) is 0.312. The van der Waals surface area contributed by atoms with E-state index in [9.17, 15) is 18.0 Å². The molecule has 0 saturated heterocycles. The van der Waals surface area contributed by atoms with E-state index >= 15 is 0 Å². The minimum atomic E-state index is -4.44. The third-order valence-corrected chi connectivity index (χ3v) is 1.77. The second kappa shape index (κ2) is 5.56. The van der Waals surface area contributed by atoms with E-state index in [1.54, 1.807) is 6.92 Å². The number of ether oxygens (including phenoxy) is 2. The first-order valence-electron chi connectivity index (χ1n) is 4.89. The van der Waals surface area contributed by atoms with Gasteiger partial charge in [0, 0.05) is 0 Å². The van der Waals surface area contributed by atoms with E-state index < -0.39 is 18.8 Å². The molecule has 0 fully saturated rings. The molecule has 94 valence electrons. The minimum absolute atomic E-state index is 0.0152. The van der Waals surface area contributed by atoms with Gasteiger partial charge in [-0.05, 0) is 19.1 Å². The van der Waals surface area contributed by atoms with Gasteiger partial charge in [0.05, 0.1) is 6.61 Å². The molecular weight excluding hydrogens is 237 g/mol. The maximum absolute atomic E-state index is 12.0. The van der Waals surface area contributed by atoms with Crippen LogP contribution in [0.5, 0.6) is 5.75 Å². The Morgan fingerprint density at radius 2 is 1.94 bits per heavy atom. The third kappa shape index (κ3) is 4.34. The average molecular weight is 248 g/mol. The van der Waals surface area contributed by atoms with E-state index in [4.69, 9.17) is 4.74 Å². The summed E-state index contributed by atoms with van der Waals surface area (Å²) in [7, 11) is 0. The van der Waals surface area contributed by atoms with Crippen LogP contribution in [-0.4, -0.2) is 25.4 Å². The van der Waals surface area contributed by atoms with Gasteiger partial charge in [0.15, 0.2) is 6.61 Å². The molecule has 3 nitrogen and oxygen atoms in total. The van der Waals surface area contributed by atoms with E-state index in [1.807, 2.05) is 0 Å². The van der Waals surface area contributed by atoms with Gasteiger partial charge in [-0.3, -0.25) is 0 Å². The molecule has 0 atom stereocenters. The van der Waals surface area contributed by atoms with Gasteiger partial charge in [-0.25, -0.2) is 4.79 Å². The number of alkyl halides is 3. The van der Waals surface area contributed by atoms with Crippen LogP contribution in [0.2, 0.25) is 0 Å². The van der Waals surface area contributed by atoms with Crippen LogP contribution in [0.3, 0.4) is 0 Å². The van der Waals surface area contributed by atoms with Crippen molar-refractivity contribution in [2.75, 3.05) is 13.2 Å². The molecule has 17 heavy (non-hydrogen) atoms. The second-order valence-electron chi connectivity index (χ2n) is 3.12. The summed E-state index contributed by atoms with van der Waals surface area (Å²) < 4.78 is 45.2. The van der Waals surface area contributed by atoms with Crippen molar-refractivity contribution in [3.8, 4) is 5.75 Å². The van der Waals surface area contributed by atoms with Gasteiger partial charge in [0.25, 0.3) is 0 Å². The maximum atomic E-state index is 12.0. The summed E-state index contributed by atoms with van der Waals surface area (Å²) in [6.07, 6.45) is -4.44. The Bertz CT molecular complexity index is 388. The molecule has 0 radical (unpaired) electrons. The van der Waals surface area contributed by atoms with Crippen molar-refractivity contribution >= 4 is 5.97 Å². The van der Waals surface area contributed by atoms with Crippen LogP contribution in [0.25, 0.3) is 0 Å². The molecule has 0 bridgehead atoms. The lowest BCUT2D eigenvalue weighted by molar-refractivity contribution is -0.153. The van der Waals surface area contributed by atoms with Crippen LogP contribution in [0.1, 0.15) is 17.3 Å². The molecule has 0 amide bonds. The minimum Gasteiger partial charge on any atom is -0.483 e. The first-order chi connectivity index (χ1) is 7.94. The smallest absolute Gasteiger partial charge is 0.422 e. The van der Waals surface area contributed by atoms with Crippen molar-refractivity contribution in [2.45, 2.75) is 13.1 Å². The van der Waals surface area contributed by atoms with Gasteiger partial charge in [-0.15, -0.1) is 0 Å². The van der Waals surface area contributed by atoms with Crippen molar-refractivity contribution in [1.29, 1.82) is 0 Å². The Morgan fingerprint density at radius 3 is 2.53 bits per heavy atom. The second-order valence-corrected chi connectivity index (χ2v) is 3.12. The highest BCUT2D eigenvalue weighted by Gasteiger charge is 2.29. The van der Waals surface area contributed by atoms with Crippen LogP contribution in [0.15, 0.2) is 24.3 Å². The Morgan fingerprint density at radius 1 is 1.29 bits per heavy atom. The number of carbonyl (C=O) groups is 1. The van der Waals surface area contributed by atoms with Crippen LogP contribution in [0, 0.1) is 0 Å². The topological polar surface area (TPSA) is 35.5 Å². The zero-order valence-corrected chi connectivity index (χ0v) is 9.08. The van der Waals surface area contributed by atoms with Gasteiger partial charge >= 0.3 is 12.1 Å². The number of rotatable bonds is 4. The van der Waals surface area contributed by atoms with Crippen LogP contribution >= 0.6 is 0 Å². The fraction of sp³-hybridized carbons (Fsp3) is 0.364. The highest BCUT2D eigenvalue weighted by Crippen LogP contribution is 2.22. The largest absolute Gasteiger partial charge is 0.483 e. The normalized spacial score (nSPS) is 11.1. The zero-order valence-electron chi connectivity index (χ0n) is 9.08. The standard InChI is InChI=1S/C11H11F3O3/c1-2-16-10(15)8-5-3-4-6-9(8)17-7-11(12,13)14/h3-6H,2,7H2,1H3. The molecule has 1 aromatic carbocycles. The van der Waals surface area contributed by atoms with Gasteiger partial charge < -0.3 is 9.47 Å². The van der Waals surface area contributed by atoms with E-state index in [1.165, 1.54) is 24.3 Å². The predicted molar refractivity (Wildman–Crippen MR) is 53.9 cm³/mol. The van der Waals surface area contributed by atoms with Crippen LogP contribution < -0.4 is 4.74 Å². The summed E-state index contributed by atoms with van der Waals surface area (Å²) in [5.41, 5.74) is -0.0152. The Labute approximate surface area is 96.1 Å². The molecule has 0 aliphatic carbocycles. The molecule has 0 aliphatic heterocycles. The Balaban J connectivity index is 2.81. The number of halogens is 3. The molecule has 1 rings (SSSR count). The number of esters is 1. The van der Waals surface area contributed by atoms with Crippen molar-refractivity contribution in [2.24, 2.45) is 0 Å². The van der Waals surface area contributed by atoms with Crippen molar-refractivity contribution < 1.29 is 27.4 Å². The molecule has 0 unspecified atom stereocenters. The molecular formula is C11H11F3O3. The van der Waals surface area contributed by atoms with Gasteiger partial charge in [-0.2, -0.15) is 13.2 Å². The van der Waals surface area contributed by atoms with Crippen LogP contribution in [-0.2, 0) is 4.74 Å². The molecule has 0 N–H and O–H groups in total. The third-order valence-electron chi connectivity index (χ3n) is 1.77. The molecule has 0 aromatic heterocycles. The molecule has 0 aliphatic rings. The highest BCUT2D eigenvalue weighted by atomic mass is 19.4. The van der Waals surface area contributed by atoms with E-state index in [0.717, 1.165) is 0 Å². The maximum Gasteiger partial charge on any atom is 0.422 e. The fourth-order valence-electron chi connectivity index (χ4n) is 1.13. The summed E-state index contributed by atoms with van der Waals surface area (Å²) in [4.78, 5) is 11.4. The van der Waals surface area contributed by atoms with E-state index in [-0.39, 0.29) is 17.9 Å². The molecule has 0 saturated carbocycles. The monoisotopic (exact) mass is 248 g/mol. The lowest BCUT2D eigenvalue weighted by Crippen LogP contribution is -2.20. The summed E-state index contributed by atoms with van der Waals surface area (Å²) in [5.74, 6) is -0.839. The van der Waals surface area contributed by atoms with E-state index in [0.29, 0.717) is 0 Å². The number of hydrogen-bond acceptors (Lipinski definition) is 3. The molecule has 0 spiro atoms. The van der Waals surface area contributed by atoms with Gasteiger partial charge in [0.2, 0.25) is 0 Å². The number of benzene rings is 1. The molecule has 1 aromatic rings. The highest BCUT2D eigenvalue weighted by molar-refractivity contribution is 5.92. The average Bonchev–Trinajstić information content (AvgIpc) is 2.26. The molecule has 6 heteroatoms. The van der Waals surface area contributed by atoms with Gasteiger partial charge in [0.1, 0.15) is 11.3 Å². The van der Waals surface area contributed by atoms with E-state index in [2.05, 4.69) is 4.74 Å². The SMILES string of the molecule is CCOC(=O)c1ccccc1OCC(F)(F)F. The predicted octanol–water partition coefficient (Wildman–Crippen LogP) is 2.80. The van der Waals surface area contributed by atoms with Crippen LogP contribution in [0.4, 0.5) is 13.2 Å². The number of para-hydroxylation sites is 1. The van der Waals surface area contributed by atoms with Crippen molar-refractivity contribution in [3.63, 3.8) is 0 Å². The van der Waals surface area contributed by atoms with Gasteiger partial charge in [-0.1, -0.05) is 12.1 Å². The zero-order chi connectivity index (χ0) is 12.9. The lowest BCUT2D eigenvalue weighted by Gasteiger charge is -2.12. The first kappa shape index (κ1) is 13.3. The summed E-state index contributed by atoms with van der Waals surface area (Å²) >= 11 is 0. The quantitative estimate of drug-likeness (QED) is 0.768. The molecule has 0 heterocycles. The van der Waals surface area contributed by atoms with Crippen molar-refractivity contribution in [3.05, 3.63) is 29.8 Å². The number of hydrogen-bond donors (Lipinski definition) is 0. The fourth-order valence-corrected chi connectivity index (χ4v) is 1.13. The summed E-state index contributed by atoms with van der Waals surface area (Å²) in [5, 5.41) is 0. The Hall–Kier alpha value is -1.72. The van der Waals surface area contributed by atoms with Crippen molar-refractivity contribution in [1.82, 2.24) is 0 Å². The first-order valence-corrected chi connectivity index (χ1v) is 4.89. The number of carbonyl (C=O) groups excluding carboxylic acids is 1. The Kier molecular flexibility index (Phi) is 4.37.